The fraction of sp³-hybridized carbons (Fsp3) is 0.538. The Bertz CT molecular complexity index is 331. The molecule has 96 valence electrons. The Morgan fingerprint density at radius 3 is 2.59 bits per heavy atom. The van der Waals surface area contributed by atoms with Gasteiger partial charge < -0.3 is 15.4 Å². The zero-order valence-electron chi connectivity index (χ0n) is 10.6. The largest absolute Gasteiger partial charge is 0.497 e. The summed E-state index contributed by atoms with van der Waals surface area (Å²) < 4.78 is 18.5. The van der Waals surface area contributed by atoms with Gasteiger partial charge in [-0.2, -0.15) is 0 Å². The van der Waals surface area contributed by atoms with Gasteiger partial charge in [-0.05, 0) is 19.0 Å². The maximum Gasteiger partial charge on any atom is 0.131 e. The zero-order chi connectivity index (χ0) is 12.5. The van der Waals surface area contributed by atoms with E-state index in [1.165, 1.54) is 13.2 Å². The second-order valence-electron chi connectivity index (χ2n) is 3.88. The molecule has 0 bridgehead atoms. The van der Waals surface area contributed by atoms with E-state index in [-0.39, 0.29) is 5.82 Å². The summed E-state index contributed by atoms with van der Waals surface area (Å²) in [6, 6.07) is 4.93. The molecule has 1 rings (SSSR count). The second kappa shape index (κ2) is 8.03. The highest BCUT2D eigenvalue weighted by molar-refractivity contribution is 5.28. The highest BCUT2D eigenvalue weighted by Crippen LogP contribution is 2.15. The fourth-order valence-corrected chi connectivity index (χ4v) is 1.50. The highest BCUT2D eigenvalue weighted by atomic mass is 19.1. The summed E-state index contributed by atoms with van der Waals surface area (Å²) >= 11 is 0. The van der Waals surface area contributed by atoms with Gasteiger partial charge in [-0.15, -0.1) is 0 Å². The summed E-state index contributed by atoms with van der Waals surface area (Å²) in [6.45, 7) is 5.45. The van der Waals surface area contributed by atoms with Crippen molar-refractivity contribution < 1.29 is 9.13 Å². The lowest BCUT2D eigenvalue weighted by Crippen LogP contribution is -2.27. The van der Waals surface area contributed by atoms with Crippen LogP contribution in [0.3, 0.4) is 0 Å². The summed E-state index contributed by atoms with van der Waals surface area (Å²) in [4.78, 5) is 0. The van der Waals surface area contributed by atoms with E-state index in [2.05, 4.69) is 17.6 Å². The van der Waals surface area contributed by atoms with Crippen LogP contribution in [0, 0.1) is 5.82 Å². The van der Waals surface area contributed by atoms with Crippen molar-refractivity contribution in [3.8, 4) is 5.75 Å². The quantitative estimate of drug-likeness (QED) is 0.681. The summed E-state index contributed by atoms with van der Waals surface area (Å²) in [6.07, 6.45) is 1.13. The number of hydrogen-bond donors (Lipinski definition) is 2. The zero-order valence-corrected chi connectivity index (χ0v) is 10.6. The summed E-state index contributed by atoms with van der Waals surface area (Å²) in [7, 11) is 1.53. The van der Waals surface area contributed by atoms with E-state index in [9.17, 15) is 4.39 Å². The lowest BCUT2D eigenvalue weighted by Gasteiger charge is -2.08. The molecule has 0 spiro atoms. The Balaban J connectivity index is 2.27. The van der Waals surface area contributed by atoms with Crippen LogP contribution in [0.2, 0.25) is 0 Å². The summed E-state index contributed by atoms with van der Waals surface area (Å²) in [5.74, 6) is 0.328. The first-order chi connectivity index (χ1) is 8.27. The Labute approximate surface area is 102 Å². The topological polar surface area (TPSA) is 33.3 Å². The average molecular weight is 240 g/mol. The molecule has 0 amide bonds. The third kappa shape index (κ3) is 5.15. The van der Waals surface area contributed by atoms with Crippen molar-refractivity contribution in [3.05, 3.63) is 29.6 Å². The first-order valence-electron chi connectivity index (χ1n) is 6.01. The van der Waals surface area contributed by atoms with Crippen LogP contribution >= 0.6 is 0 Å². The molecular weight excluding hydrogens is 219 g/mol. The first-order valence-corrected chi connectivity index (χ1v) is 6.01. The standard InChI is InChI=1S/C13H21FN2O/c1-3-6-15-7-8-16-10-11-4-5-12(17-2)9-13(11)14/h4-5,9,15-16H,3,6-8,10H2,1-2H3. The molecule has 0 atom stereocenters. The van der Waals surface area contributed by atoms with Gasteiger partial charge in [0.2, 0.25) is 0 Å². The molecule has 0 heterocycles. The van der Waals surface area contributed by atoms with E-state index in [1.54, 1.807) is 12.1 Å². The van der Waals surface area contributed by atoms with E-state index in [4.69, 9.17) is 4.74 Å². The van der Waals surface area contributed by atoms with Crippen molar-refractivity contribution in [2.45, 2.75) is 19.9 Å². The SMILES string of the molecule is CCCNCCNCc1ccc(OC)cc1F. The van der Waals surface area contributed by atoms with E-state index in [1.807, 2.05) is 0 Å². The third-order valence-corrected chi connectivity index (χ3v) is 2.48. The lowest BCUT2D eigenvalue weighted by molar-refractivity contribution is 0.410. The number of halogens is 1. The third-order valence-electron chi connectivity index (χ3n) is 2.48. The van der Waals surface area contributed by atoms with E-state index in [0.717, 1.165) is 26.1 Å². The Morgan fingerprint density at radius 2 is 1.94 bits per heavy atom. The van der Waals surface area contributed by atoms with E-state index in [0.29, 0.717) is 17.9 Å². The monoisotopic (exact) mass is 240 g/mol. The molecule has 0 fully saturated rings. The molecule has 0 radical (unpaired) electrons. The van der Waals surface area contributed by atoms with E-state index >= 15 is 0 Å². The molecule has 17 heavy (non-hydrogen) atoms. The smallest absolute Gasteiger partial charge is 0.131 e. The molecule has 1 aromatic rings. The van der Waals surface area contributed by atoms with Crippen molar-refractivity contribution in [1.29, 1.82) is 0 Å². The molecule has 0 unspecified atom stereocenters. The van der Waals surface area contributed by atoms with Gasteiger partial charge in [0.05, 0.1) is 7.11 Å². The predicted molar refractivity (Wildman–Crippen MR) is 67.8 cm³/mol. The van der Waals surface area contributed by atoms with Crippen molar-refractivity contribution in [3.63, 3.8) is 0 Å². The number of methoxy groups -OCH3 is 1. The van der Waals surface area contributed by atoms with Crippen molar-refractivity contribution >= 4 is 0 Å². The van der Waals surface area contributed by atoms with Crippen LogP contribution in [0.25, 0.3) is 0 Å². The minimum Gasteiger partial charge on any atom is -0.497 e. The number of nitrogens with one attached hydrogen (secondary N) is 2. The van der Waals surface area contributed by atoms with Crippen LogP contribution < -0.4 is 15.4 Å². The van der Waals surface area contributed by atoms with Gasteiger partial charge in [0.15, 0.2) is 0 Å². The molecule has 3 nitrogen and oxygen atoms in total. The summed E-state index contributed by atoms with van der Waals surface area (Å²) in [5.41, 5.74) is 0.668. The highest BCUT2D eigenvalue weighted by Gasteiger charge is 2.02. The van der Waals surface area contributed by atoms with E-state index < -0.39 is 0 Å². The van der Waals surface area contributed by atoms with Crippen molar-refractivity contribution in [2.75, 3.05) is 26.7 Å². The Kier molecular flexibility index (Phi) is 6.58. The molecule has 0 aliphatic carbocycles. The van der Waals surface area contributed by atoms with Crippen LogP contribution in [0.5, 0.6) is 5.75 Å². The van der Waals surface area contributed by atoms with Crippen molar-refractivity contribution in [2.24, 2.45) is 0 Å². The van der Waals surface area contributed by atoms with Gasteiger partial charge in [0.1, 0.15) is 11.6 Å². The molecule has 4 heteroatoms. The minimum absolute atomic E-state index is 0.224. The predicted octanol–water partition coefficient (Wildman–Crippen LogP) is 1.92. The Morgan fingerprint density at radius 1 is 1.18 bits per heavy atom. The van der Waals surface area contributed by atoms with Crippen LogP contribution in [0.1, 0.15) is 18.9 Å². The lowest BCUT2D eigenvalue weighted by atomic mass is 10.2. The maximum atomic E-state index is 13.5. The molecule has 0 aliphatic heterocycles. The average Bonchev–Trinajstić information content (AvgIpc) is 2.35. The molecule has 0 saturated carbocycles. The molecule has 0 aliphatic rings. The Hall–Kier alpha value is -1.13. The number of rotatable bonds is 8. The first kappa shape index (κ1) is 13.9. The number of benzene rings is 1. The number of hydrogen-bond acceptors (Lipinski definition) is 3. The van der Waals surface area contributed by atoms with Crippen LogP contribution in [-0.4, -0.2) is 26.7 Å². The maximum absolute atomic E-state index is 13.5. The molecule has 0 saturated heterocycles. The van der Waals surface area contributed by atoms with Gasteiger partial charge >= 0.3 is 0 Å². The normalized spacial score (nSPS) is 10.5. The van der Waals surface area contributed by atoms with Gasteiger partial charge in [0.25, 0.3) is 0 Å². The van der Waals surface area contributed by atoms with Gasteiger partial charge in [-0.25, -0.2) is 4.39 Å². The van der Waals surface area contributed by atoms with Gasteiger partial charge in [0, 0.05) is 31.3 Å². The number of ether oxygens (including phenoxy) is 1. The molecule has 1 aromatic carbocycles. The summed E-state index contributed by atoms with van der Waals surface area (Å²) in [5, 5.41) is 6.47. The van der Waals surface area contributed by atoms with Crippen LogP contribution in [0.15, 0.2) is 18.2 Å². The van der Waals surface area contributed by atoms with Crippen LogP contribution in [0.4, 0.5) is 4.39 Å². The molecule has 0 aromatic heterocycles. The van der Waals surface area contributed by atoms with Crippen molar-refractivity contribution in [1.82, 2.24) is 10.6 Å². The van der Waals surface area contributed by atoms with Crippen LogP contribution in [-0.2, 0) is 6.54 Å². The van der Waals surface area contributed by atoms with Gasteiger partial charge in [-0.1, -0.05) is 13.0 Å². The fourth-order valence-electron chi connectivity index (χ4n) is 1.50. The second-order valence-corrected chi connectivity index (χ2v) is 3.88. The molecular formula is C13H21FN2O. The molecule has 2 N–H and O–H groups in total. The van der Waals surface area contributed by atoms with Gasteiger partial charge in [-0.3, -0.25) is 0 Å². The minimum atomic E-state index is -0.224.